The second-order valence-electron chi connectivity index (χ2n) is 6.21. The summed E-state index contributed by atoms with van der Waals surface area (Å²) in [4.78, 5) is 7.10. The minimum Gasteiger partial charge on any atom is -0.357 e. The van der Waals surface area contributed by atoms with Gasteiger partial charge in [-0.1, -0.05) is 6.92 Å². The van der Waals surface area contributed by atoms with E-state index in [1.807, 2.05) is 11.8 Å². The molecule has 2 aliphatic rings. The monoisotopic (exact) mass is 490 g/mol. The van der Waals surface area contributed by atoms with Crippen molar-refractivity contribution < 1.29 is 8.42 Å². The highest BCUT2D eigenvalue weighted by atomic mass is 127. The first kappa shape index (κ1) is 22.3. The van der Waals surface area contributed by atoms with Gasteiger partial charge in [-0.15, -0.1) is 24.0 Å². The molecular weight excluding hydrogens is 459 g/mol. The summed E-state index contributed by atoms with van der Waals surface area (Å²) in [7, 11) is -3.12. The van der Waals surface area contributed by atoms with Gasteiger partial charge in [-0.25, -0.2) is 8.42 Å². The molecule has 0 saturated carbocycles. The lowest BCUT2D eigenvalue weighted by atomic mass is 10.2. The lowest BCUT2D eigenvalue weighted by Crippen LogP contribution is -2.48. The number of thioether (sulfide) groups is 1. The van der Waals surface area contributed by atoms with E-state index in [-0.39, 0.29) is 30.0 Å². The molecule has 0 bridgehead atoms. The first-order chi connectivity index (χ1) is 11.0. The van der Waals surface area contributed by atoms with Crippen LogP contribution in [0.5, 0.6) is 0 Å². The minimum atomic E-state index is -3.12. The van der Waals surface area contributed by atoms with Crippen molar-refractivity contribution in [1.29, 1.82) is 0 Å². The van der Waals surface area contributed by atoms with Crippen LogP contribution >= 0.6 is 35.7 Å². The Morgan fingerprint density at radius 3 is 2.71 bits per heavy atom. The van der Waals surface area contributed by atoms with Gasteiger partial charge in [0.15, 0.2) is 5.96 Å². The Bertz CT molecular complexity index is 516. The molecule has 0 spiro atoms. The van der Waals surface area contributed by atoms with Crippen LogP contribution < -0.4 is 5.32 Å². The summed E-state index contributed by atoms with van der Waals surface area (Å²) in [5.41, 5.74) is 0. The fourth-order valence-corrected chi connectivity index (χ4v) is 5.56. The second-order valence-corrected chi connectivity index (χ2v) is 9.55. The molecule has 1 N–H and O–H groups in total. The van der Waals surface area contributed by atoms with Crippen molar-refractivity contribution >= 4 is 51.7 Å². The molecule has 142 valence electrons. The highest BCUT2D eigenvalue weighted by Gasteiger charge is 2.31. The van der Waals surface area contributed by atoms with E-state index in [4.69, 9.17) is 4.99 Å². The van der Waals surface area contributed by atoms with E-state index in [1.54, 1.807) is 4.31 Å². The van der Waals surface area contributed by atoms with Crippen LogP contribution in [0.15, 0.2) is 4.99 Å². The smallest absolute Gasteiger partial charge is 0.211 e. The number of hydrogen-bond donors (Lipinski definition) is 1. The predicted molar refractivity (Wildman–Crippen MR) is 114 cm³/mol. The number of guanidine groups is 1. The van der Waals surface area contributed by atoms with Crippen molar-refractivity contribution in [2.24, 2.45) is 4.99 Å². The summed E-state index contributed by atoms with van der Waals surface area (Å²) in [6.07, 6.45) is 4.31. The largest absolute Gasteiger partial charge is 0.357 e. The van der Waals surface area contributed by atoms with Crippen molar-refractivity contribution in [1.82, 2.24) is 14.5 Å². The molecule has 2 heterocycles. The Hall–Kier alpha value is 0.260. The zero-order valence-electron chi connectivity index (χ0n) is 14.9. The first-order valence-electron chi connectivity index (χ1n) is 8.57. The highest BCUT2D eigenvalue weighted by Crippen LogP contribution is 2.22. The van der Waals surface area contributed by atoms with E-state index in [1.165, 1.54) is 12.7 Å². The third-order valence-corrected chi connectivity index (χ3v) is 7.13. The maximum atomic E-state index is 11.8. The molecule has 6 nitrogen and oxygen atoms in total. The van der Waals surface area contributed by atoms with E-state index in [0.717, 1.165) is 44.2 Å². The Morgan fingerprint density at radius 2 is 2.08 bits per heavy atom. The van der Waals surface area contributed by atoms with Crippen LogP contribution in [0.3, 0.4) is 0 Å². The lowest BCUT2D eigenvalue weighted by Gasteiger charge is -2.34. The van der Waals surface area contributed by atoms with Crippen LogP contribution in [0.25, 0.3) is 0 Å². The predicted octanol–water partition coefficient (Wildman–Crippen LogP) is 1.82. The maximum Gasteiger partial charge on any atom is 0.211 e. The van der Waals surface area contributed by atoms with Crippen LogP contribution in [-0.4, -0.2) is 79.6 Å². The van der Waals surface area contributed by atoms with Crippen molar-refractivity contribution in [2.45, 2.75) is 44.4 Å². The van der Waals surface area contributed by atoms with Gasteiger partial charge in [0.1, 0.15) is 0 Å². The van der Waals surface area contributed by atoms with Gasteiger partial charge < -0.3 is 10.2 Å². The van der Waals surface area contributed by atoms with Crippen molar-refractivity contribution in [3.8, 4) is 0 Å². The number of hydrogen-bond acceptors (Lipinski definition) is 4. The molecular formula is C15H31IN4O2S2. The minimum absolute atomic E-state index is 0. The van der Waals surface area contributed by atoms with Crippen LogP contribution in [-0.2, 0) is 10.0 Å². The quantitative estimate of drug-likeness (QED) is 0.362. The Morgan fingerprint density at radius 1 is 1.33 bits per heavy atom. The Kier molecular flexibility index (Phi) is 9.68. The number of nitrogens with one attached hydrogen (secondary N) is 1. The molecule has 0 amide bonds. The van der Waals surface area contributed by atoms with Crippen molar-refractivity contribution in [2.75, 3.05) is 44.7 Å². The van der Waals surface area contributed by atoms with Gasteiger partial charge >= 0.3 is 0 Å². The third kappa shape index (κ3) is 6.21. The van der Waals surface area contributed by atoms with Crippen LogP contribution in [0.1, 0.15) is 33.1 Å². The summed E-state index contributed by atoms with van der Waals surface area (Å²) in [6, 6.07) is 0.0137. The van der Waals surface area contributed by atoms with E-state index in [2.05, 4.69) is 24.1 Å². The summed E-state index contributed by atoms with van der Waals surface area (Å²) in [6.45, 7) is 8.35. The maximum absolute atomic E-state index is 11.8. The van der Waals surface area contributed by atoms with Gasteiger partial charge in [0, 0.05) is 43.2 Å². The standard InChI is InChI=1S/C15H30N4O2S2.HI/c1-4-14-12-18(9-10-22-14)15(16-5-2)17-11-13-7-6-8-19(13)23(3,20)21;/h13-14H,4-12H2,1-3H3,(H,16,17);1H/t13-,14?;/m1./s1. The number of nitrogens with zero attached hydrogens (tertiary/aromatic N) is 3. The second kappa shape index (κ2) is 10.4. The average Bonchev–Trinajstić information content (AvgIpc) is 3.00. The molecule has 0 aromatic rings. The van der Waals surface area contributed by atoms with E-state index < -0.39 is 10.0 Å². The third-order valence-electron chi connectivity index (χ3n) is 4.43. The van der Waals surface area contributed by atoms with Gasteiger partial charge in [-0.05, 0) is 26.2 Å². The molecule has 0 aliphatic carbocycles. The summed E-state index contributed by atoms with van der Waals surface area (Å²) < 4.78 is 25.3. The topological polar surface area (TPSA) is 65.0 Å². The van der Waals surface area contributed by atoms with Gasteiger partial charge in [0.2, 0.25) is 10.0 Å². The molecule has 1 unspecified atom stereocenters. The number of rotatable bonds is 5. The van der Waals surface area contributed by atoms with E-state index in [9.17, 15) is 8.42 Å². The van der Waals surface area contributed by atoms with E-state index in [0.29, 0.717) is 18.3 Å². The zero-order valence-corrected chi connectivity index (χ0v) is 18.9. The molecule has 2 aliphatic heterocycles. The summed E-state index contributed by atoms with van der Waals surface area (Å²) in [5, 5.41) is 4.03. The van der Waals surface area contributed by atoms with Gasteiger partial charge in [-0.3, -0.25) is 4.99 Å². The normalized spacial score (nSPS) is 26.3. The molecule has 2 atom stereocenters. The molecule has 0 aromatic heterocycles. The number of aliphatic imine (C=N–C) groups is 1. The van der Waals surface area contributed by atoms with Crippen LogP contribution in [0.2, 0.25) is 0 Å². The Labute approximate surface area is 168 Å². The average molecular weight is 490 g/mol. The summed E-state index contributed by atoms with van der Waals surface area (Å²) >= 11 is 2.04. The highest BCUT2D eigenvalue weighted by molar-refractivity contribution is 14.0. The number of sulfonamides is 1. The van der Waals surface area contributed by atoms with Crippen LogP contribution in [0, 0.1) is 0 Å². The molecule has 2 fully saturated rings. The molecule has 24 heavy (non-hydrogen) atoms. The molecule has 9 heteroatoms. The molecule has 2 rings (SSSR count). The number of halogens is 1. The molecule has 2 saturated heterocycles. The van der Waals surface area contributed by atoms with Crippen molar-refractivity contribution in [3.05, 3.63) is 0 Å². The van der Waals surface area contributed by atoms with Gasteiger partial charge in [-0.2, -0.15) is 16.1 Å². The van der Waals surface area contributed by atoms with E-state index >= 15 is 0 Å². The summed E-state index contributed by atoms with van der Waals surface area (Å²) in [5.74, 6) is 2.06. The van der Waals surface area contributed by atoms with Gasteiger partial charge in [0.25, 0.3) is 0 Å². The first-order valence-corrected chi connectivity index (χ1v) is 11.5. The lowest BCUT2D eigenvalue weighted by molar-refractivity contribution is 0.385. The Balaban J connectivity index is 0.00000288. The van der Waals surface area contributed by atoms with Crippen molar-refractivity contribution in [3.63, 3.8) is 0 Å². The molecule has 0 radical (unpaired) electrons. The SMILES string of the molecule is CCNC(=NC[C@H]1CCCN1S(C)(=O)=O)N1CCSC(CC)C1.I. The van der Waals surface area contributed by atoms with Gasteiger partial charge in [0.05, 0.1) is 12.8 Å². The molecule has 0 aromatic carbocycles. The zero-order chi connectivity index (χ0) is 16.9. The fourth-order valence-electron chi connectivity index (χ4n) is 3.20. The van der Waals surface area contributed by atoms with Crippen LogP contribution in [0.4, 0.5) is 0 Å². The fraction of sp³-hybridized carbons (Fsp3) is 0.933.